The standard InChI is InChI=1S/C23H24N4O4S/c1-12-7-13(2)20-18(8-12)32-23(25-20)27-19(9-14(3)26-27)24-22(28)15-10-16(29-4)21(31-6)17(11-15)30-5/h7-11H,1-6H3,(H,24,28). The predicted molar refractivity (Wildman–Crippen MR) is 125 cm³/mol. The average molecular weight is 453 g/mol. The topological polar surface area (TPSA) is 87.5 Å². The Labute approximate surface area is 189 Å². The summed E-state index contributed by atoms with van der Waals surface area (Å²) in [7, 11) is 4.53. The molecule has 0 fully saturated rings. The Bertz CT molecular complexity index is 1300. The molecule has 0 spiro atoms. The SMILES string of the molecule is COc1cc(C(=O)Nc2cc(C)nn2-c2nc3c(C)cc(C)cc3s2)cc(OC)c1OC. The van der Waals surface area contributed by atoms with Gasteiger partial charge in [0.15, 0.2) is 11.5 Å². The van der Waals surface area contributed by atoms with Crippen LogP contribution in [0.25, 0.3) is 15.3 Å². The van der Waals surface area contributed by atoms with Gasteiger partial charge in [0, 0.05) is 11.6 Å². The summed E-state index contributed by atoms with van der Waals surface area (Å²) in [5, 5.41) is 8.17. The number of hydrogen-bond acceptors (Lipinski definition) is 7. The first-order valence-corrected chi connectivity index (χ1v) is 10.7. The molecule has 166 valence electrons. The van der Waals surface area contributed by atoms with E-state index in [1.807, 2.05) is 13.8 Å². The van der Waals surface area contributed by atoms with Crippen LogP contribution in [0.3, 0.4) is 0 Å². The van der Waals surface area contributed by atoms with Crippen molar-refractivity contribution in [1.29, 1.82) is 0 Å². The molecule has 4 rings (SSSR count). The van der Waals surface area contributed by atoms with Crippen LogP contribution >= 0.6 is 11.3 Å². The van der Waals surface area contributed by atoms with E-state index < -0.39 is 0 Å². The van der Waals surface area contributed by atoms with E-state index in [4.69, 9.17) is 19.2 Å². The van der Waals surface area contributed by atoms with Crippen LogP contribution in [0.1, 0.15) is 27.2 Å². The maximum absolute atomic E-state index is 13.1. The maximum Gasteiger partial charge on any atom is 0.257 e. The van der Waals surface area contributed by atoms with E-state index in [0.717, 1.165) is 21.5 Å². The number of amides is 1. The lowest BCUT2D eigenvalue weighted by molar-refractivity contribution is 0.102. The van der Waals surface area contributed by atoms with E-state index >= 15 is 0 Å². The molecule has 0 aliphatic rings. The summed E-state index contributed by atoms with van der Waals surface area (Å²) < 4.78 is 18.8. The minimum Gasteiger partial charge on any atom is -0.493 e. The van der Waals surface area contributed by atoms with Gasteiger partial charge >= 0.3 is 0 Å². The summed E-state index contributed by atoms with van der Waals surface area (Å²) in [6, 6.07) is 9.23. The fourth-order valence-electron chi connectivity index (χ4n) is 3.58. The number of benzene rings is 2. The highest BCUT2D eigenvalue weighted by Gasteiger charge is 2.20. The molecule has 1 amide bonds. The lowest BCUT2D eigenvalue weighted by atomic mass is 10.1. The molecule has 8 nitrogen and oxygen atoms in total. The minimum absolute atomic E-state index is 0.335. The highest BCUT2D eigenvalue weighted by Crippen LogP contribution is 2.38. The van der Waals surface area contributed by atoms with Crippen molar-refractivity contribution in [2.45, 2.75) is 20.8 Å². The van der Waals surface area contributed by atoms with Crippen molar-refractivity contribution in [2.75, 3.05) is 26.6 Å². The summed E-state index contributed by atoms with van der Waals surface area (Å²) in [6.07, 6.45) is 0. The number of hydrogen-bond donors (Lipinski definition) is 1. The normalized spacial score (nSPS) is 10.9. The van der Waals surface area contributed by atoms with E-state index in [0.29, 0.717) is 33.8 Å². The van der Waals surface area contributed by atoms with Crippen molar-refractivity contribution in [1.82, 2.24) is 14.8 Å². The molecule has 0 radical (unpaired) electrons. The second kappa shape index (κ2) is 8.51. The molecule has 1 N–H and O–H groups in total. The van der Waals surface area contributed by atoms with Crippen LogP contribution in [0.15, 0.2) is 30.3 Å². The van der Waals surface area contributed by atoms with Crippen molar-refractivity contribution in [3.63, 3.8) is 0 Å². The molecular weight excluding hydrogens is 428 g/mol. The van der Waals surface area contributed by atoms with Crippen LogP contribution in [0, 0.1) is 20.8 Å². The van der Waals surface area contributed by atoms with Crippen LogP contribution in [0.4, 0.5) is 5.82 Å². The van der Waals surface area contributed by atoms with E-state index in [-0.39, 0.29) is 5.91 Å². The van der Waals surface area contributed by atoms with Gasteiger partial charge in [-0.1, -0.05) is 17.4 Å². The van der Waals surface area contributed by atoms with Gasteiger partial charge in [-0.05, 0) is 50.1 Å². The van der Waals surface area contributed by atoms with Gasteiger partial charge in [-0.2, -0.15) is 9.78 Å². The summed E-state index contributed by atoms with van der Waals surface area (Å²) in [5.74, 6) is 1.42. The van der Waals surface area contributed by atoms with Crippen LogP contribution in [0.5, 0.6) is 17.2 Å². The molecule has 2 aromatic carbocycles. The van der Waals surface area contributed by atoms with Crippen LogP contribution in [-0.2, 0) is 0 Å². The van der Waals surface area contributed by atoms with E-state index in [1.54, 1.807) is 22.9 Å². The highest BCUT2D eigenvalue weighted by molar-refractivity contribution is 7.20. The first kappa shape index (κ1) is 21.6. The fourth-order valence-corrected chi connectivity index (χ4v) is 4.69. The number of aromatic nitrogens is 3. The predicted octanol–water partition coefficient (Wildman–Crippen LogP) is 4.69. The zero-order chi connectivity index (χ0) is 23.0. The third kappa shape index (κ3) is 3.87. The number of methoxy groups -OCH3 is 3. The van der Waals surface area contributed by atoms with Crippen LogP contribution in [-0.4, -0.2) is 42.0 Å². The molecule has 0 saturated carbocycles. The lowest BCUT2D eigenvalue weighted by Gasteiger charge is -2.14. The fraction of sp³-hybridized carbons (Fsp3) is 0.261. The molecular formula is C23H24N4O4S. The first-order chi connectivity index (χ1) is 15.3. The third-order valence-electron chi connectivity index (χ3n) is 5.00. The number of ether oxygens (including phenoxy) is 3. The van der Waals surface area contributed by atoms with Crippen LogP contribution < -0.4 is 19.5 Å². The van der Waals surface area contributed by atoms with E-state index in [1.165, 1.54) is 38.2 Å². The quantitative estimate of drug-likeness (QED) is 0.457. The Morgan fingerprint density at radius 2 is 1.66 bits per heavy atom. The van der Waals surface area contributed by atoms with Gasteiger partial charge in [0.25, 0.3) is 5.91 Å². The Morgan fingerprint density at radius 3 is 2.28 bits per heavy atom. The smallest absolute Gasteiger partial charge is 0.257 e. The third-order valence-corrected chi connectivity index (χ3v) is 5.98. The highest BCUT2D eigenvalue weighted by atomic mass is 32.1. The molecule has 0 atom stereocenters. The van der Waals surface area contributed by atoms with Gasteiger partial charge < -0.3 is 19.5 Å². The number of fused-ring (bicyclic) bond motifs is 1. The molecule has 0 saturated heterocycles. The molecule has 2 aromatic heterocycles. The molecule has 0 aliphatic heterocycles. The summed E-state index contributed by atoms with van der Waals surface area (Å²) in [4.78, 5) is 17.9. The number of anilines is 1. The Morgan fingerprint density at radius 1 is 0.969 bits per heavy atom. The minimum atomic E-state index is -0.335. The molecule has 0 aliphatic carbocycles. The lowest BCUT2D eigenvalue weighted by Crippen LogP contribution is -2.15. The second-order valence-corrected chi connectivity index (χ2v) is 8.39. The maximum atomic E-state index is 13.1. The molecule has 4 aromatic rings. The molecule has 32 heavy (non-hydrogen) atoms. The Balaban J connectivity index is 1.71. The van der Waals surface area contributed by atoms with Gasteiger partial charge in [-0.25, -0.2) is 4.98 Å². The van der Waals surface area contributed by atoms with E-state index in [2.05, 4.69) is 29.5 Å². The largest absolute Gasteiger partial charge is 0.493 e. The number of carbonyl (C=O) groups excluding carboxylic acids is 1. The molecule has 2 heterocycles. The zero-order valence-electron chi connectivity index (χ0n) is 18.8. The number of nitrogens with zero attached hydrogens (tertiary/aromatic N) is 3. The average Bonchev–Trinajstić information content (AvgIpc) is 3.35. The second-order valence-electron chi connectivity index (χ2n) is 7.38. The van der Waals surface area contributed by atoms with Crippen molar-refractivity contribution in [3.8, 4) is 22.4 Å². The summed E-state index contributed by atoms with van der Waals surface area (Å²) >= 11 is 1.53. The number of thiazole rings is 1. The van der Waals surface area contributed by atoms with Gasteiger partial charge in [-0.3, -0.25) is 4.79 Å². The van der Waals surface area contributed by atoms with Crippen molar-refractivity contribution >= 4 is 33.3 Å². The van der Waals surface area contributed by atoms with Crippen molar-refractivity contribution in [3.05, 3.63) is 52.7 Å². The monoisotopic (exact) mass is 452 g/mol. The molecule has 9 heteroatoms. The number of carbonyl (C=O) groups is 1. The Hall–Kier alpha value is -3.59. The summed E-state index contributed by atoms with van der Waals surface area (Å²) in [6.45, 7) is 5.97. The van der Waals surface area contributed by atoms with Crippen LogP contribution in [0.2, 0.25) is 0 Å². The number of nitrogens with one attached hydrogen (secondary N) is 1. The van der Waals surface area contributed by atoms with E-state index in [9.17, 15) is 4.79 Å². The molecule has 0 unspecified atom stereocenters. The Kier molecular flexibility index (Phi) is 5.75. The first-order valence-electron chi connectivity index (χ1n) is 9.90. The number of rotatable bonds is 6. The van der Waals surface area contributed by atoms with Crippen molar-refractivity contribution in [2.24, 2.45) is 0 Å². The van der Waals surface area contributed by atoms with Gasteiger partial charge in [0.05, 0.1) is 37.2 Å². The molecule has 0 bridgehead atoms. The summed E-state index contributed by atoms with van der Waals surface area (Å²) in [5.41, 5.74) is 4.34. The zero-order valence-corrected chi connectivity index (χ0v) is 19.6. The van der Waals surface area contributed by atoms with Gasteiger partial charge in [-0.15, -0.1) is 0 Å². The van der Waals surface area contributed by atoms with Crippen molar-refractivity contribution < 1.29 is 19.0 Å². The van der Waals surface area contributed by atoms with Gasteiger partial charge in [0.1, 0.15) is 5.82 Å². The number of aryl methyl sites for hydroxylation is 3. The van der Waals surface area contributed by atoms with Gasteiger partial charge in [0.2, 0.25) is 10.9 Å².